The molecule has 0 fully saturated rings. The lowest BCUT2D eigenvalue weighted by atomic mass is 10.2. The van der Waals surface area contributed by atoms with Gasteiger partial charge in [-0.1, -0.05) is 12.1 Å². The molecule has 3 N–H and O–H groups in total. The largest absolute Gasteiger partial charge is 0.392 e. The van der Waals surface area contributed by atoms with Crippen molar-refractivity contribution in [3.8, 4) is 0 Å². The van der Waals surface area contributed by atoms with Gasteiger partial charge in [-0.2, -0.15) is 5.10 Å². The molecular formula is C12H13N3O2. The smallest absolute Gasteiger partial charge is 0.230 e. The van der Waals surface area contributed by atoms with Crippen molar-refractivity contribution >= 4 is 11.6 Å². The first-order valence-electron chi connectivity index (χ1n) is 5.26. The summed E-state index contributed by atoms with van der Waals surface area (Å²) < 4.78 is 0. The number of carbonyl (C=O) groups excluding carboxylic acids is 1. The van der Waals surface area contributed by atoms with E-state index in [9.17, 15) is 4.79 Å². The SMILES string of the molecule is O=C(Cc1ccn[nH]1)Nc1cccc(CO)c1. The van der Waals surface area contributed by atoms with E-state index in [1.807, 2.05) is 0 Å². The summed E-state index contributed by atoms with van der Waals surface area (Å²) in [4.78, 5) is 11.7. The number of hydrogen-bond donors (Lipinski definition) is 3. The van der Waals surface area contributed by atoms with E-state index in [-0.39, 0.29) is 18.9 Å². The van der Waals surface area contributed by atoms with Crippen molar-refractivity contribution in [3.05, 3.63) is 47.8 Å². The van der Waals surface area contributed by atoms with Gasteiger partial charge in [-0.15, -0.1) is 0 Å². The summed E-state index contributed by atoms with van der Waals surface area (Å²) >= 11 is 0. The van der Waals surface area contributed by atoms with Crippen LogP contribution in [-0.4, -0.2) is 21.2 Å². The summed E-state index contributed by atoms with van der Waals surface area (Å²) in [5.74, 6) is -0.121. The zero-order valence-electron chi connectivity index (χ0n) is 9.18. The van der Waals surface area contributed by atoms with Crippen LogP contribution >= 0.6 is 0 Å². The minimum Gasteiger partial charge on any atom is -0.392 e. The number of amides is 1. The van der Waals surface area contributed by atoms with Gasteiger partial charge < -0.3 is 10.4 Å². The Bertz CT molecular complexity index is 494. The second kappa shape index (κ2) is 5.27. The van der Waals surface area contributed by atoms with E-state index in [0.29, 0.717) is 5.69 Å². The van der Waals surface area contributed by atoms with Crippen LogP contribution in [0, 0.1) is 0 Å². The van der Waals surface area contributed by atoms with Gasteiger partial charge in [0, 0.05) is 17.6 Å². The number of rotatable bonds is 4. The Balaban J connectivity index is 1.98. The molecule has 0 radical (unpaired) electrons. The lowest BCUT2D eigenvalue weighted by Crippen LogP contribution is -2.14. The molecule has 0 bridgehead atoms. The molecule has 0 aliphatic heterocycles. The highest BCUT2D eigenvalue weighted by Gasteiger charge is 2.05. The van der Waals surface area contributed by atoms with Gasteiger partial charge in [0.25, 0.3) is 0 Å². The summed E-state index contributed by atoms with van der Waals surface area (Å²) in [5, 5.41) is 18.2. The molecule has 88 valence electrons. The van der Waals surface area contributed by atoms with Crippen LogP contribution in [0.25, 0.3) is 0 Å². The van der Waals surface area contributed by atoms with Crippen LogP contribution in [0.1, 0.15) is 11.3 Å². The Morgan fingerprint density at radius 1 is 1.41 bits per heavy atom. The van der Waals surface area contributed by atoms with Crippen molar-refractivity contribution in [1.29, 1.82) is 0 Å². The molecule has 17 heavy (non-hydrogen) atoms. The Kier molecular flexibility index (Phi) is 3.52. The van der Waals surface area contributed by atoms with Crippen LogP contribution in [-0.2, 0) is 17.8 Å². The number of nitrogens with zero attached hydrogens (tertiary/aromatic N) is 1. The van der Waals surface area contributed by atoms with Gasteiger partial charge in [0.15, 0.2) is 0 Å². The van der Waals surface area contributed by atoms with Crippen LogP contribution in [0.15, 0.2) is 36.5 Å². The third-order valence-electron chi connectivity index (χ3n) is 2.30. The molecule has 0 aliphatic rings. The molecule has 0 atom stereocenters. The molecule has 0 aliphatic carbocycles. The first-order chi connectivity index (χ1) is 8.28. The van der Waals surface area contributed by atoms with E-state index in [4.69, 9.17) is 5.11 Å². The standard InChI is InChI=1S/C12H13N3O2/c16-8-9-2-1-3-10(6-9)14-12(17)7-11-4-5-13-15-11/h1-6,16H,7-8H2,(H,13,15)(H,14,17). The number of aliphatic hydroxyl groups is 1. The van der Waals surface area contributed by atoms with E-state index >= 15 is 0 Å². The van der Waals surface area contributed by atoms with E-state index in [2.05, 4.69) is 15.5 Å². The minimum atomic E-state index is -0.121. The normalized spacial score (nSPS) is 10.2. The molecule has 2 rings (SSSR count). The zero-order valence-corrected chi connectivity index (χ0v) is 9.18. The summed E-state index contributed by atoms with van der Waals surface area (Å²) in [7, 11) is 0. The van der Waals surface area contributed by atoms with E-state index in [0.717, 1.165) is 11.3 Å². The third kappa shape index (κ3) is 3.15. The average Bonchev–Trinajstić information content (AvgIpc) is 2.82. The molecule has 0 spiro atoms. The predicted octanol–water partition coefficient (Wildman–Crippen LogP) is 1.08. The van der Waals surface area contributed by atoms with Gasteiger partial charge in [-0.3, -0.25) is 9.89 Å². The minimum absolute atomic E-state index is 0.0374. The van der Waals surface area contributed by atoms with Crippen molar-refractivity contribution < 1.29 is 9.90 Å². The quantitative estimate of drug-likeness (QED) is 0.736. The van der Waals surface area contributed by atoms with E-state index in [1.165, 1.54) is 0 Å². The zero-order chi connectivity index (χ0) is 12.1. The second-order valence-electron chi connectivity index (χ2n) is 3.67. The lowest BCUT2D eigenvalue weighted by Gasteiger charge is -2.05. The van der Waals surface area contributed by atoms with Gasteiger partial charge in [-0.05, 0) is 23.8 Å². The van der Waals surface area contributed by atoms with Crippen molar-refractivity contribution in [2.75, 3.05) is 5.32 Å². The molecule has 1 aromatic carbocycles. The maximum absolute atomic E-state index is 11.7. The highest BCUT2D eigenvalue weighted by molar-refractivity contribution is 5.92. The number of carbonyl (C=O) groups is 1. The maximum atomic E-state index is 11.7. The molecule has 1 heterocycles. The Labute approximate surface area is 98.5 Å². The highest BCUT2D eigenvalue weighted by Crippen LogP contribution is 2.10. The summed E-state index contributed by atoms with van der Waals surface area (Å²) in [6.07, 6.45) is 1.86. The van der Waals surface area contributed by atoms with Crippen molar-refractivity contribution in [3.63, 3.8) is 0 Å². The third-order valence-corrected chi connectivity index (χ3v) is 2.30. The van der Waals surface area contributed by atoms with Crippen molar-refractivity contribution in [1.82, 2.24) is 10.2 Å². The number of benzene rings is 1. The number of hydrogen-bond acceptors (Lipinski definition) is 3. The molecule has 0 saturated heterocycles. The molecule has 0 unspecified atom stereocenters. The summed E-state index contributed by atoms with van der Waals surface area (Å²) in [6, 6.07) is 8.86. The first-order valence-corrected chi connectivity index (χ1v) is 5.26. The van der Waals surface area contributed by atoms with Gasteiger partial charge in [0.05, 0.1) is 13.0 Å². The fraction of sp³-hybridized carbons (Fsp3) is 0.167. The lowest BCUT2D eigenvalue weighted by molar-refractivity contribution is -0.115. The number of aromatic amines is 1. The Morgan fingerprint density at radius 3 is 3.00 bits per heavy atom. The monoisotopic (exact) mass is 231 g/mol. The average molecular weight is 231 g/mol. The summed E-state index contributed by atoms with van der Waals surface area (Å²) in [5.41, 5.74) is 2.21. The van der Waals surface area contributed by atoms with Gasteiger partial charge in [0.2, 0.25) is 5.91 Å². The molecule has 5 nitrogen and oxygen atoms in total. The maximum Gasteiger partial charge on any atom is 0.230 e. The van der Waals surface area contributed by atoms with Crippen LogP contribution in [0.5, 0.6) is 0 Å². The Morgan fingerprint density at radius 2 is 2.29 bits per heavy atom. The molecule has 0 saturated carbocycles. The number of aromatic nitrogens is 2. The van der Waals surface area contributed by atoms with Crippen LogP contribution in [0.2, 0.25) is 0 Å². The van der Waals surface area contributed by atoms with Crippen LogP contribution in [0.4, 0.5) is 5.69 Å². The fourth-order valence-electron chi connectivity index (χ4n) is 1.51. The molecule has 2 aromatic rings. The topological polar surface area (TPSA) is 78.0 Å². The van der Waals surface area contributed by atoms with Crippen molar-refractivity contribution in [2.24, 2.45) is 0 Å². The van der Waals surface area contributed by atoms with E-state index in [1.54, 1.807) is 36.5 Å². The van der Waals surface area contributed by atoms with Crippen LogP contribution in [0.3, 0.4) is 0 Å². The Hall–Kier alpha value is -2.14. The van der Waals surface area contributed by atoms with Crippen LogP contribution < -0.4 is 5.32 Å². The summed E-state index contributed by atoms with van der Waals surface area (Å²) in [6.45, 7) is -0.0374. The second-order valence-corrected chi connectivity index (χ2v) is 3.67. The van der Waals surface area contributed by atoms with E-state index < -0.39 is 0 Å². The number of anilines is 1. The first kappa shape index (κ1) is 11.3. The van der Waals surface area contributed by atoms with Crippen molar-refractivity contribution in [2.45, 2.75) is 13.0 Å². The number of nitrogens with one attached hydrogen (secondary N) is 2. The van der Waals surface area contributed by atoms with Gasteiger partial charge >= 0.3 is 0 Å². The highest BCUT2D eigenvalue weighted by atomic mass is 16.3. The number of aliphatic hydroxyl groups excluding tert-OH is 1. The molecule has 5 heteroatoms. The van der Waals surface area contributed by atoms with Gasteiger partial charge in [-0.25, -0.2) is 0 Å². The molecular weight excluding hydrogens is 218 g/mol. The fourth-order valence-corrected chi connectivity index (χ4v) is 1.51. The van der Waals surface area contributed by atoms with Gasteiger partial charge in [0.1, 0.15) is 0 Å². The number of H-pyrrole nitrogens is 1. The predicted molar refractivity (Wildman–Crippen MR) is 63.3 cm³/mol. The molecule has 1 aromatic heterocycles. The molecule has 1 amide bonds.